The van der Waals surface area contributed by atoms with E-state index in [1.165, 1.54) is 6.21 Å². The van der Waals surface area contributed by atoms with Crippen molar-refractivity contribution in [3.63, 3.8) is 0 Å². The van der Waals surface area contributed by atoms with E-state index in [9.17, 15) is 23.3 Å². The maximum absolute atomic E-state index is 12.8. The average molecular weight is 410 g/mol. The summed E-state index contributed by atoms with van der Waals surface area (Å²) in [4.78, 5) is 10.3. The fourth-order valence-corrected chi connectivity index (χ4v) is 3.36. The summed E-state index contributed by atoms with van der Waals surface area (Å²) >= 11 is 0. The van der Waals surface area contributed by atoms with Crippen LogP contribution in [-0.4, -0.2) is 28.4 Å². The van der Waals surface area contributed by atoms with Crippen LogP contribution in [0.4, 0.5) is 24.5 Å². The van der Waals surface area contributed by atoms with E-state index in [1.54, 1.807) is 0 Å². The van der Waals surface area contributed by atoms with E-state index in [1.807, 2.05) is 19.9 Å². The monoisotopic (exact) mass is 410 g/mol. The molecule has 1 aliphatic heterocycles. The number of nitro groups is 1. The molecule has 0 saturated carbocycles. The Bertz CT molecular complexity index is 932. The molecule has 3 rings (SSSR count). The average Bonchev–Trinajstić information content (AvgIpc) is 3.25. The summed E-state index contributed by atoms with van der Waals surface area (Å²) in [6.45, 7) is 5.41. The van der Waals surface area contributed by atoms with E-state index in [2.05, 4.69) is 15.1 Å². The highest BCUT2D eigenvalue weighted by molar-refractivity contribution is 5.82. The van der Waals surface area contributed by atoms with E-state index in [0.29, 0.717) is 6.07 Å². The number of benzene rings is 1. The lowest BCUT2D eigenvalue weighted by Gasteiger charge is -2.14. The van der Waals surface area contributed by atoms with Crippen LogP contribution in [0.2, 0.25) is 0 Å². The Morgan fingerprint density at radius 2 is 2.14 bits per heavy atom. The van der Waals surface area contributed by atoms with Gasteiger partial charge < -0.3 is 9.30 Å². The zero-order valence-corrected chi connectivity index (χ0v) is 16.0. The van der Waals surface area contributed by atoms with Crippen LogP contribution in [0.5, 0.6) is 0 Å². The SMILES string of the molecule is Cc1cc(/C=N\Nc2ccc(C(F)(F)F)cc2[N+](=O)[O-])c(C)n1C[C@@H]1CCCO1. The molecule has 1 atom stereocenters. The first-order valence-electron chi connectivity index (χ1n) is 9.10. The standard InChI is InChI=1S/C19H21F3N4O3/c1-12-8-14(13(2)25(12)11-16-4-3-7-29-16)10-23-24-17-6-5-15(19(20,21)22)9-18(17)26(27)28/h5-6,8-10,16,24H,3-4,7,11H2,1-2H3/b23-10-/t16-/m0/s1. The van der Waals surface area contributed by atoms with Crippen LogP contribution in [0.3, 0.4) is 0 Å². The van der Waals surface area contributed by atoms with Gasteiger partial charge in [-0.2, -0.15) is 18.3 Å². The molecule has 0 radical (unpaired) electrons. The van der Waals surface area contributed by atoms with E-state index >= 15 is 0 Å². The summed E-state index contributed by atoms with van der Waals surface area (Å²) in [7, 11) is 0. The highest BCUT2D eigenvalue weighted by Gasteiger charge is 2.33. The molecule has 7 nitrogen and oxygen atoms in total. The molecule has 1 aromatic heterocycles. The zero-order chi connectivity index (χ0) is 21.2. The molecular formula is C19H21F3N4O3. The largest absolute Gasteiger partial charge is 0.416 e. The number of hydrazone groups is 1. The van der Waals surface area contributed by atoms with Gasteiger partial charge in [0.05, 0.1) is 22.8 Å². The van der Waals surface area contributed by atoms with Gasteiger partial charge >= 0.3 is 6.18 Å². The van der Waals surface area contributed by atoms with E-state index in [4.69, 9.17) is 4.74 Å². The Morgan fingerprint density at radius 3 is 2.76 bits per heavy atom. The summed E-state index contributed by atoms with van der Waals surface area (Å²) in [5.41, 5.74) is 3.38. The van der Waals surface area contributed by atoms with Crippen LogP contribution >= 0.6 is 0 Å². The van der Waals surface area contributed by atoms with E-state index in [-0.39, 0.29) is 11.8 Å². The van der Waals surface area contributed by atoms with Crippen molar-refractivity contribution in [3.05, 3.63) is 56.9 Å². The van der Waals surface area contributed by atoms with Gasteiger partial charge in [-0.05, 0) is 44.9 Å². The number of hydrogen-bond acceptors (Lipinski definition) is 5. The summed E-state index contributed by atoms with van der Waals surface area (Å²) in [5.74, 6) is 0. The molecule has 1 aliphatic rings. The van der Waals surface area contributed by atoms with Crippen LogP contribution in [0.1, 0.15) is 35.4 Å². The molecule has 0 bridgehead atoms. The lowest BCUT2D eigenvalue weighted by Crippen LogP contribution is -2.16. The van der Waals surface area contributed by atoms with Gasteiger partial charge in [-0.3, -0.25) is 15.5 Å². The molecule has 2 heterocycles. The topological polar surface area (TPSA) is 81.7 Å². The first-order valence-corrected chi connectivity index (χ1v) is 9.10. The summed E-state index contributed by atoms with van der Waals surface area (Å²) in [5, 5.41) is 15.1. The summed E-state index contributed by atoms with van der Waals surface area (Å²) in [6.07, 6.45) is -0.922. The Balaban J connectivity index is 1.77. The van der Waals surface area contributed by atoms with E-state index in [0.717, 1.165) is 55.1 Å². The predicted octanol–water partition coefficient (Wildman–Crippen LogP) is 4.66. The smallest absolute Gasteiger partial charge is 0.376 e. The summed E-state index contributed by atoms with van der Waals surface area (Å²) < 4.78 is 46.1. The zero-order valence-electron chi connectivity index (χ0n) is 16.0. The molecule has 1 saturated heterocycles. The molecule has 10 heteroatoms. The number of hydrogen-bond donors (Lipinski definition) is 1. The predicted molar refractivity (Wildman–Crippen MR) is 102 cm³/mol. The lowest BCUT2D eigenvalue weighted by atomic mass is 10.1. The maximum Gasteiger partial charge on any atom is 0.416 e. The number of aromatic nitrogens is 1. The van der Waals surface area contributed by atoms with Crippen molar-refractivity contribution < 1.29 is 22.8 Å². The number of ether oxygens (including phenoxy) is 1. The number of halogens is 3. The van der Waals surface area contributed by atoms with Crippen LogP contribution in [0.25, 0.3) is 0 Å². The van der Waals surface area contributed by atoms with Gasteiger partial charge in [-0.15, -0.1) is 0 Å². The van der Waals surface area contributed by atoms with Crippen molar-refractivity contribution in [1.29, 1.82) is 0 Å². The Hall–Kier alpha value is -2.88. The number of alkyl halides is 3. The molecular weight excluding hydrogens is 389 g/mol. The molecule has 1 N–H and O–H groups in total. The second-order valence-electron chi connectivity index (χ2n) is 6.93. The number of nitro benzene ring substituents is 1. The third kappa shape index (κ3) is 4.76. The fourth-order valence-electron chi connectivity index (χ4n) is 3.36. The van der Waals surface area contributed by atoms with Crippen molar-refractivity contribution in [2.45, 2.75) is 45.5 Å². The first kappa shape index (κ1) is 20.8. The second-order valence-corrected chi connectivity index (χ2v) is 6.93. The van der Waals surface area contributed by atoms with Gasteiger partial charge in [-0.1, -0.05) is 0 Å². The second kappa shape index (κ2) is 8.24. The van der Waals surface area contributed by atoms with E-state index < -0.39 is 22.4 Å². The number of rotatable bonds is 6. The highest BCUT2D eigenvalue weighted by atomic mass is 19.4. The van der Waals surface area contributed by atoms with Crippen LogP contribution in [0.15, 0.2) is 29.4 Å². The minimum atomic E-state index is -4.66. The maximum atomic E-state index is 12.8. The minimum Gasteiger partial charge on any atom is -0.376 e. The molecule has 0 amide bonds. The van der Waals surface area contributed by atoms with Gasteiger partial charge in [0.1, 0.15) is 5.69 Å². The van der Waals surface area contributed by atoms with Gasteiger partial charge in [0.25, 0.3) is 5.69 Å². The highest BCUT2D eigenvalue weighted by Crippen LogP contribution is 2.35. The molecule has 0 aliphatic carbocycles. The number of nitrogens with zero attached hydrogens (tertiary/aromatic N) is 3. The Kier molecular flexibility index (Phi) is 5.92. The van der Waals surface area contributed by atoms with Gasteiger partial charge in [0.15, 0.2) is 0 Å². The van der Waals surface area contributed by atoms with Crippen molar-refractivity contribution in [2.75, 3.05) is 12.0 Å². The molecule has 0 unspecified atom stereocenters. The van der Waals surface area contributed by atoms with Gasteiger partial charge in [0.2, 0.25) is 0 Å². The van der Waals surface area contributed by atoms with Crippen LogP contribution in [-0.2, 0) is 17.5 Å². The van der Waals surface area contributed by atoms with Crippen molar-refractivity contribution in [3.8, 4) is 0 Å². The third-order valence-electron chi connectivity index (χ3n) is 4.93. The molecule has 0 spiro atoms. The van der Waals surface area contributed by atoms with Crippen LogP contribution < -0.4 is 5.43 Å². The molecule has 29 heavy (non-hydrogen) atoms. The summed E-state index contributed by atoms with van der Waals surface area (Å²) in [6, 6.07) is 4.19. The normalized spacial score (nSPS) is 17.2. The van der Waals surface area contributed by atoms with Crippen molar-refractivity contribution >= 4 is 17.6 Å². The Morgan fingerprint density at radius 1 is 1.38 bits per heavy atom. The minimum absolute atomic E-state index is 0.118. The molecule has 2 aromatic rings. The number of aryl methyl sites for hydroxylation is 1. The number of anilines is 1. The fraction of sp³-hybridized carbons (Fsp3) is 0.421. The van der Waals surface area contributed by atoms with Crippen LogP contribution in [0, 0.1) is 24.0 Å². The van der Waals surface area contributed by atoms with Crippen molar-refractivity contribution in [1.82, 2.24) is 4.57 Å². The molecule has 1 aromatic carbocycles. The number of nitrogens with one attached hydrogen (secondary N) is 1. The van der Waals surface area contributed by atoms with Crippen molar-refractivity contribution in [2.24, 2.45) is 5.10 Å². The quantitative estimate of drug-likeness (QED) is 0.427. The lowest BCUT2D eigenvalue weighted by molar-refractivity contribution is -0.384. The Labute approximate surface area is 165 Å². The van der Waals surface area contributed by atoms with Gasteiger partial charge in [0, 0.05) is 36.2 Å². The van der Waals surface area contributed by atoms with Gasteiger partial charge in [-0.25, -0.2) is 0 Å². The first-order chi connectivity index (χ1) is 13.7. The molecule has 156 valence electrons. The molecule has 1 fully saturated rings. The third-order valence-corrected chi connectivity index (χ3v) is 4.93.